The molecule has 0 saturated carbocycles. The highest BCUT2D eigenvalue weighted by Crippen LogP contribution is 2.20. The van der Waals surface area contributed by atoms with E-state index in [0.717, 1.165) is 23.0 Å². The van der Waals surface area contributed by atoms with Gasteiger partial charge in [0, 0.05) is 34.6 Å². The molecule has 7 nitrogen and oxygen atoms in total. The van der Waals surface area contributed by atoms with E-state index in [1.807, 2.05) is 29.0 Å². The Morgan fingerprint density at radius 1 is 1.21 bits per heavy atom. The lowest BCUT2D eigenvalue weighted by Gasteiger charge is -2.20. The van der Waals surface area contributed by atoms with Gasteiger partial charge < -0.3 is 20.4 Å². The van der Waals surface area contributed by atoms with Gasteiger partial charge in [-0.05, 0) is 57.2 Å². The standard InChI is InChI=1S/C15H12N4O2.C6H13N/c16-14(18-21)11-2-1-3-13(7-11)19-5-4-12-6-10(9-20)8-17-15(12)19;1-7-5-3-2-4-6-7/h1-9,21H,(H2,16,18);2-6H2,1H3. The van der Waals surface area contributed by atoms with Crippen LogP contribution in [0.4, 0.5) is 0 Å². The molecule has 3 aromatic rings. The second-order valence-electron chi connectivity index (χ2n) is 6.88. The molecule has 0 radical (unpaired) electrons. The number of hydrogen-bond acceptors (Lipinski definition) is 5. The quantitative estimate of drug-likeness (QED) is 0.240. The zero-order valence-corrected chi connectivity index (χ0v) is 16.0. The largest absolute Gasteiger partial charge is 0.409 e. The topological polar surface area (TPSA) is 96.7 Å². The van der Waals surface area contributed by atoms with E-state index < -0.39 is 0 Å². The third-order valence-corrected chi connectivity index (χ3v) is 4.79. The van der Waals surface area contributed by atoms with Crippen molar-refractivity contribution in [1.29, 1.82) is 0 Å². The summed E-state index contributed by atoms with van der Waals surface area (Å²) in [5.74, 6) is 0.0458. The molecule has 1 fully saturated rings. The minimum atomic E-state index is 0.0458. The molecule has 0 bridgehead atoms. The summed E-state index contributed by atoms with van der Waals surface area (Å²) in [5.41, 5.74) is 8.32. The Bertz CT molecular complexity index is 974. The number of rotatable bonds is 3. The lowest BCUT2D eigenvalue weighted by atomic mass is 10.1. The van der Waals surface area contributed by atoms with Crippen LogP contribution in [0.1, 0.15) is 35.2 Å². The van der Waals surface area contributed by atoms with E-state index in [2.05, 4.69) is 22.1 Å². The summed E-state index contributed by atoms with van der Waals surface area (Å²) in [7, 11) is 2.19. The highest BCUT2D eigenvalue weighted by Gasteiger charge is 2.07. The van der Waals surface area contributed by atoms with E-state index >= 15 is 0 Å². The molecule has 7 heteroatoms. The zero-order valence-electron chi connectivity index (χ0n) is 16.0. The van der Waals surface area contributed by atoms with Crippen LogP contribution in [0.3, 0.4) is 0 Å². The summed E-state index contributed by atoms with van der Waals surface area (Å²) < 4.78 is 1.87. The number of hydrogen-bond donors (Lipinski definition) is 2. The first kappa shape index (κ1) is 19.6. The van der Waals surface area contributed by atoms with Crippen molar-refractivity contribution in [3.63, 3.8) is 0 Å². The maximum absolute atomic E-state index is 10.8. The highest BCUT2D eigenvalue weighted by molar-refractivity contribution is 5.97. The molecular weight excluding hydrogens is 354 g/mol. The Labute approximate surface area is 164 Å². The number of likely N-dealkylation sites (tertiary alicyclic amines) is 1. The van der Waals surface area contributed by atoms with Crippen molar-refractivity contribution in [2.45, 2.75) is 19.3 Å². The van der Waals surface area contributed by atoms with Gasteiger partial charge in [-0.3, -0.25) is 4.79 Å². The molecule has 1 aliphatic rings. The minimum absolute atomic E-state index is 0.0458. The molecular formula is C21H25N5O2. The number of nitrogens with two attached hydrogens (primary N) is 1. The van der Waals surface area contributed by atoms with Crippen LogP contribution < -0.4 is 5.73 Å². The van der Waals surface area contributed by atoms with Gasteiger partial charge in [-0.15, -0.1) is 0 Å². The van der Waals surface area contributed by atoms with E-state index in [-0.39, 0.29) is 5.84 Å². The van der Waals surface area contributed by atoms with Crippen molar-refractivity contribution in [3.8, 4) is 5.69 Å². The van der Waals surface area contributed by atoms with Crippen molar-refractivity contribution in [1.82, 2.24) is 14.5 Å². The SMILES string of the molecule is CN1CCCCC1.N/C(=N\O)c1cccc(-n2ccc3cc(C=O)cnc32)c1. The lowest BCUT2D eigenvalue weighted by Crippen LogP contribution is -2.24. The van der Waals surface area contributed by atoms with Gasteiger partial charge in [0.15, 0.2) is 12.1 Å². The first-order valence-corrected chi connectivity index (χ1v) is 9.31. The summed E-state index contributed by atoms with van der Waals surface area (Å²) in [6, 6.07) is 10.9. The van der Waals surface area contributed by atoms with Gasteiger partial charge in [-0.2, -0.15) is 0 Å². The lowest BCUT2D eigenvalue weighted by molar-refractivity contribution is 0.112. The highest BCUT2D eigenvalue weighted by atomic mass is 16.4. The Morgan fingerprint density at radius 3 is 2.64 bits per heavy atom. The van der Waals surface area contributed by atoms with E-state index in [4.69, 9.17) is 10.9 Å². The summed E-state index contributed by atoms with van der Waals surface area (Å²) in [6.45, 7) is 2.64. The zero-order chi connectivity index (χ0) is 19.9. The number of carbonyl (C=O) groups excluding carboxylic acids is 1. The Balaban J connectivity index is 0.000000271. The van der Waals surface area contributed by atoms with Gasteiger partial charge in [0.25, 0.3) is 0 Å². The van der Waals surface area contributed by atoms with Gasteiger partial charge in [0.1, 0.15) is 5.65 Å². The summed E-state index contributed by atoms with van der Waals surface area (Å²) in [4.78, 5) is 17.5. The number of pyridine rings is 1. The van der Waals surface area contributed by atoms with Gasteiger partial charge in [-0.25, -0.2) is 4.98 Å². The van der Waals surface area contributed by atoms with Crippen molar-refractivity contribution in [3.05, 3.63) is 59.9 Å². The molecule has 3 N–H and O–H groups in total. The number of nitrogens with zero attached hydrogens (tertiary/aromatic N) is 4. The molecule has 28 heavy (non-hydrogen) atoms. The fraction of sp³-hybridized carbons (Fsp3) is 0.286. The molecule has 146 valence electrons. The van der Waals surface area contributed by atoms with E-state index in [1.165, 1.54) is 38.5 Å². The number of aldehydes is 1. The van der Waals surface area contributed by atoms with Crippen LogP contribution in [-0.2, 0) is 0 Å². The molecule has 0 spiro atoms. The number of piperidine rings is 1. The minimum Gasteiger partial charge on any atom is -0.409 e. The van der Waals surface area contributed by atoms with Crippen LogP contribution in [0.25, 0.3) is 16.7 Å². The predicted octanol–water partition coefficient (Wildman–Crippen LogP) is 3.03. The number of aromatic nitrogens is 2. The Kier molecular flexibility index (Phi) is 6.39. The van der Waals surface area contributed by atoms with E-state index in [9.17, 15) is 4.79 Å². The van der Waals surface area contributed by atoms with Crippen molar-refractivity contribution in [2.24, 2.45) is 10.9 Å². The van der Waals surface area contributed by atoms with E-state index in [1.54, 1.807) is 18.2 Å². The number of oxime groups is 1. The Hall–Kier alpha value is -3.19. The average molecular weight is 379 g/mol. The normalized spacial score (nSPS) is 15.1. The van der Waals surface area contributed by atoms with Crippen LogP contribution in [0.15, 0.2) is 53.9 Å². The maximum Gasteiger partial charge on any atom is 0.170 e. The van der Waals surface area contributed by atoms with Gasteiger partial charge in [0.2, 0.25) is 0 Å². The molecule has 0 amide bonds. The smallest absolute Gasteiger partial charge is 0.170 e. The van der Waals surface area contributed by atoms with Crippen molar-refractivity contribution < 1.29 is 10.0 Å². The summed E-state index contributed by atoms with van der Waals surface area (Å²) in [5, 5.41) is 12.6. The monoisotopic (exact) mass is 379 g/mol. The third-order valence-electron chi connectivity index (χ3n) is 4.79. The van der Waals surface area contributed by atoms with Crippen molar-refractivity contribution >= 4 is 23.2 Å². The van der Waals surface area contributed by atoms with Crippen LogP contribution in [-0.4, -0.2) is 51.9 Å². The second-order valence-corrected chi connectivity index (χ2v) is 6.88. The number of fused-ring (bicyclic) bond motifs is 1. The number of carbonyl (C=O) groups is 1. The molecule has 1 aromatic carbocycles. The third kappa shape index (κ3) is 4.55. The molecule has 0 unspecified atom stereocenters. The van der Waals surface area contributed by atoms with Gasteiger partial charge >= 0.3 is 0 Å². The molecule has 0 atom stereocenters. The molecule has 2 aromatic heterocycles. The molecule has 3 heterocycles. The summed E-state index contributed by atoms with van der Waals surface area (Å²) in [6.07, 6.45) is 8.43. The first-order valence-electron chi connectivity index (χ1n) is 9.31. The van der Waals surface area contributed by atoms with Gasteiger partial charge in [-0.1, -0.05) is 23.7 Å². The van der Waals surface area contributed by atoms with Crippen LogP contribution in [0.5, 0.6) is 0 Å². The Morgan fingerprint density at radius 2 is 2.00 bits per heavy atom. The molecule has 0 aliphatic carbocycles. The fourth-order valence-corrected chi connectivity index (χ4v) is 3.24. The fourth-order valence-electron chi connectivity index (χ4n) is 3.24. The van der Waals surface area contributed by atoms with Crippen LogP contribution in [0.2, 0.25) is 0 Å². The number of amidine groups is 1. The molecule has 1 saturated heterocycles. The van der Waals surface area contributed by atoms with Gasteiger partial charge in [0.05, 0.1) is 0 Å². The summed E-state index contributed by atoms with van der Waals surface area (Å²) >= 11 is 0. The molecule has 4 rings (SSSR count). The maximum atomic E-state index is 10.8. The second kappa shape index (κ2) is 9.14. The average Bonchev–Trinajstić information content (AvgIpc) is 3.17. The van der Waals surface area contributed by atoms with Crippen LogP contribution in [0, 0.1) is 0 Å². The van der Waals surface area contributed by atoms with Crippen molar-refractivity contribution in [2.75, 3.05) is 20.1 Å². The van der Waals surface area contributed by atoms with E-state index in [0.29, 0.717) is 11.1 Å². The predicted molar refractivity (Wildman–Crippen MR) is 110 cm³/mol. The molecule has 1 aliphatic heterocycles. The number of benzene rings is 1. The first-order chi connectivity index (χ1) is 13.6. The van der Waals surface area contributed by atoms with Crippen LogP contribution >= 0.6 is 0 Å².